The maximum atomic E-state index is 12.5. The highest BCUT2D eigenvalue weighted by atomic mass is 16.6. The minimum absolute atomic E-state index is 0.157. The van der Waals surface area contributed by atoms with Gasteiger partial charge in [0.1, 0.15) is 19.0 Å². The normalized spacial score (nSPS) is 14.1. The lowest BCUT2D eigenvalue weighted by Gasteiger charge is -2.23. The molecule has 0 radical (unpaired) electrons. The zero-order chi connectivity index (χ0) is 18.0. The van der Waals surface area contributed by atoms with Crippen LogP contribution in [-0.4, -0.2) is 36.3 Å². The second kappa shape index (κ2) is 7.04. The smallest absolute Gasteiger partial charge is 0.317 e. The summed E-state index contributed by atoms with van der Waals surface area (Å²) in [5.41, 5.74) is 2.70. The van der Waals surface area contributed by atoms with Gasteiger partial charge in [-0.15, -0.1) is 0 Å². The number of amides is 2. The molecule has 1 aliphatic heterocycles. The summed E-state index contributed by atoms with van der Waals surface area (Å²) < 4.78 is 16.3. The predicted octanol–water partition coefficient (Wildman–Crippen LogP) is 2.97. The first-order valence-corrected chi connectivity index (χ1v) is 8.28. The number of benzene rings is 1. The molecule has 0 unspecified atom stereocenters. The molecular formula is C18H23N3O4. The monoisotopic (exact) mass is 345 g/mol. The van der Waals surface area contributed by atoms with E-state index in [0.29, 0.717) is 25.5 Å². The van der Waals surface area contributed by atoms with Gasteiger partial charge in [0.2, 0.25) is 0 Å². The number of nitrogens with one attached hydrogen (secondary N) is 1. The molecule has 2 aromatic rings. The van der Waals surface area contributed by atoms with Gasteiger partial charge in [0.05, 0.1) is 18.3 Å². The predicted molar refractivity (Wildman–Crippen MR) is 91.8 cm³/mol. The lowest BCUT2D eigenvalue weighted by Crippen LogP contribution is -2.38. The molecular weight excluding hydrogens is 322 g/mol. The van der Waals surface area contributed by atoms with Crippen LogP contribution in [0.25, 0.3) is 0 Å². The molecule has 7 nitrogen and oxygen atoms in total. The highest BCUT2D eigenvalue weighted by molar-refractivity contribution is 5.74. The molecule has 2 heterocycles. The Bertz CT molecular complexity index is 752. The number of nitrogens with zero attached hydrogens (tertiary/aromatic N) is 2. The van der Waals surface area contributed by atoms with E-state index in [0.717, 1.165) is 28.3 Å². The van der Waals surface area contributed by atoms with E-state index in [-0.39, 0.29) is 12.1 Å². The Morgan fingerprint density at radius 1 is 1.28 bits per heavy atom. The molecule has 1 aromatic heterocycles. The van der Waals surface area contributed by atoms with Crippen molar-refractivity contribution in [3.8, 4) is 11.5 Å². The van der Waals surface area contributed by atoms with Crippen LogP contribution in [-0.2, 0) is 6.54 Å². The summed E-state index contributed by atoms with van der Waals surface area (Å²) in [6.45, 7) is 7.20. The summed E-state index contributed by atoms with van der Waals surface area (Å²) in [4.78, 5) is 14.1. The van der Waals surface area contributed by atoms with Crippen molar-refractivity contribution in [1.29, 1.82) is 0 Å². The van der Waals surface area contributed by atoms with Crippen molar-refractivity contribution in [3.63, 3.8) is 0 Å². The van der Waals surface area contributed by atoms with Gasteiger partial charge in [0, 0.05) is 12.6 Å². The fourth-order valence-electron chi connectivity index (χ4n) is 2.74. The third kappa shape index (κ3) is 3.70. The molecule has 25 heavy (non-hydrogen) atoms. The number of carbonyl (C=O) groups excluding carboxylic acids is 1. The van der Waals surface area contributed by atoms with Gasteiger partial charge in [-0.25, -0.2) is 4.79 Å². The minimum Gasteiger partial charge on any atom is -0.486 e. The van der Waals surface area contributed by atoms with E-state index in [1.54, 1.807) is 11.9 Å². The van der Waals surface area contributed by atoms with E-state index < -0.39 is 0 Å². The van der Waals surface area contributed by atoms with Crippen molar-refractivity contribution in [2.75, 3.05) is 20.3 Å². The fraction of sp³-hybridized carbons (Fsp3) is 0.444. The van der Waals surface area contributed by atoms with Crippen molar-refractivity contribution >= 4 is 6.03 Å². The van der Waals surface area contributed by atoms with Gasteiger partial charge in [-0.2, -0.15) is 0 Å². The number of rotatable bonds is 4. The summed E-state index contributed by atoms with van der Waals surface area (Å²) in [7, 11) is 1.75. The summed E-state index contributed by atoms with van der Waals surface area (Å²) in [6.07, 6.45) is 0. The second-order valence-corrected chi connectivity index (χ2v) is 6.23. The van der Waals surface area contributed by atoms with Crippen molar-refractivity contribution < 1.29 is 18.8 Å². The molecule has 0 spiro atoms. The Balaban J connectivity index is 1.64. The first kappa shape index (κ1) is 17.1. The first-order valence-electron chi connectivity index (χ1n) is 8.28. The molecule has 7 heteroatoms. The number of aryl methyl sites for hydroxylation is 2. The summed E-state index contributed by atoms with van der Waals surface area (Å²) in [5, 5.41) is 6.91. The van der Waals surface area contributed by atoms with Crippen molar-refractivity contribution in [1.82, 2.24) is 15.4 Å². The number of hydrogen-bond donors (Lipinski definition) is 1. The van der Waals surface area contributed by atoms with Crippen LogP contribution in [0.2, 0.25) is 0 Å². The topological polar surface area (TPSA) is 76.8 Å². The molecule has 1 N–H and O–H groups in total. The van der Waals surface area contributed by atoms with Gasteiger partial charge in [-0.1, -0.05) is 11.2 Å². The molecule has 2 amide bonds. The Kier molecular flexibility index (Phi) is 4.83. The lowest BCUT2D eigenvalue weighted by atomic mass is 10.1. The van der Waals surface area contributed by atoms with Crippen molar-refractivity contribution in [3.05, 3.63) is 40.8 Å². The van der Waals surface area contributed by atoms with Crippen molar-refractivity contribution in [2.24, 2.45) is 0 Å². The number of fused-ring (bicyclic) bond motifs is 1. The molecule has 0 bridgehead atoms. The number of ether oxygens (including phenoxy) is 2. The molecule has 1 atom stereocenters. The highest BCUT2D eigenvalue weighted by Crippen LogP contribution is 2.32. The zero-order valence-corrected chi connectivity index (χ0v) is 15.0. The van der Waals surface area contributed by atoms with Crippen LogP contribution in [0.15, 0.2) is 22.7 Å². The van der Waals surface area contributed by atoms with Gasteiger partial charge in [-0.3, -0.25) is 0 Å². The third-order valence-corrected chi connectivity index (χ3v) is 4.33. The van der Waals surface area contributed by atoms with Crippen LogP contribution >= 0.6 is 0 Å². The Hall–Kier alpha value is -2.70. The molecule has 0 saturated heterocycles. The number of aromatic nitrogens is 1. The molecule has 1 aromatic carbocycles. The zero-order valence-electron chi connectivity index (χ0n) is 15.0. The Morgan fingerprint density at radius 3 is 2.68 bits per heavy atom. The van der Waals surface area contributed by atoms with Gasteiger partial charge in [-0.05, 0) is 38.5 Å². The van der Waals surface area contributed by atoms with Gasteiger partial charge >= 0.3 is 6.03 Å². The maximum absolute atomic E-state index is 12.5. The van der Waals surface area contributed by atoms with E-state index in [1.807, 2.05) is 39.0 Å². The Labute approximate surface area is 146 Å². The maximum Gasteiger partial charge on any atom is 0.317 e. The van der Waals surface area contributed by atoms with Crippen LogP contribution in [0.5, 0.6) is 11.5 Å². The molecule has 134 valence electrons. The molecule has 3 rings (SSSR count). The SMILES string of the molecule is Cc1noc(C)c1CN(C)C(=O)N[C@H](C)c1ccc2c(c1)OCCO2. The van der Waals surface area contributed by atoms with E-state index >= 15 is 0 Å². The number of hydrogen-bond acceptors (Lipinski definition) is 5. The van der Waals surface area contributed by atoms with Crippen LogP contribution < -0.4 is 14.8 Å². The van der Waals surface area contributed by atoms with E-state index in [9.17, 15) is 4.79 Å². The van der Waals surface area contributed by atoms with Crippen molar-refractivity contribution in [2.45, 2.75) is 33.4 Å². The largest absolute Gasteiger partial charge is 0.486 e. The van der Waals surface area contributed by atoms with E-state index in [4.69, 9.17) is 14.0 Å². The second-order valence-electron chi connectivity index (χ2n) is 6.23. The number of urea groups is 1. The summed E-state index contributed by atoms with van der Waals surface area (Å²) in [5.74, 6) is 2.19. The third-order valence-electron chi connectivity index (χ3n) is 4.33. The number of carbonyl (C=O) groups is 1. The van der Waals surface area contributed by atoms with Crippen LogP contribution in [0, 0.1) is 13.8 Å². The average Bonchev–Trinajstić information content (AvgIpc) is 2.93. The van der Waals surface area contributed by atoms with Crippen LogP contribution in [0.1, 0.15) is 35.5 Å². The highest BCUT2D eigenvalue weighted by Gasteiger charge is 2.19. The van der Waals surface area contributed by atoms with E-state index in [1.165, 1.54) is 0 Å². The molecule has 0 fully saturated rings. The molecule has 0 saturated carbocycles. The fourth-order valence-corrected chi connectivity index (χ4v) is 2.74. The van der Waals surface area contributed by atoms with Gasteiger partial charge in [0.15, 0.2) is 11.5 Å². The summed E-state index contributed by atoms with van der Waals surface area (Å²) in [6, 6.07) is 5.40. The van der Waals surface area contributed by atoms with Crippen LogP contribution in [0.4, 0.5) is 4.79 Å². The molecule has 0 aliphatic carbocycles. The average molecular weight is 345 g/mol. The quantitative estimate of drug-likeness (QED) is 0.922. The van der Waals surface area contributed by atoms with Gasteiger partial charge in [0.25, 0.3) is 0 Å². The lowest BCUT2D eigenvalue weighted by molar-refractivity contribution is 0.171. The standard InChI is InChI=1S/C18H23N3O4/c1-11(14-5-6-16-17(9-14)24-8-7-23-16)19-18(22)21(4)10-15-12(2)20-25-13(15)3/h5-6,9,11H,7-8,10H2,1-4H3,(H,19,22)/t11-/m1/s1. The minimum atomic E-state index is -0.164. The Morgan fingerprint density at radius 2 is 2.00 bits per heavy atom. The molecule has 1 aliphatic rings. The van der Waals surface area contributed by atoms with Crippen LogP contribution in [0.3, 0.4) is 0 Å². The summed E-state index contributed by atoms with van der Waals surface area (Å²) >= 11 is 0. The first-order chi connectivity index (χ1) is 12.0. The van der Waals surface area contributed by atoms with Gasteiger partial charge < -0.3 is 24.2 Å². The van der Waals surface area contributed by atoms with E-state index in [2.05, 4.69) is 10.5 Å².